The average Bonchev–Trinajstić information content (AvgIpc) is 3.18. The smallest absolute Gasteiger partial charge is 0.00108 e. The Kier molecular flexibility index (Phi) is 8.72. The van der Waals surface area contributed by atoms with E-state index in [2.05, 4.69) is 103 Å². The van der Waals surface area contributed by atoms with Gasteiger partial charge in [0.25, 0.3) is 0 Å². The van der Waals surface area contributed by atoms with Gasteiger partial charge >= 0.3 is 0 Å². The van der Waals surface area contributed by atoms with E-state index in [1.807, 2.05) is 6.08 Å². The van der Waals surface area contributed by atoms with E-state index in [0.717, 1.165) is 12.0 Å². The Labute approximate surface area is 208 Å². The molecule has 0 radical (unpaired) electrons. The van der Waals surface area contributed by atoms with Gasteiger partial charge in [-0.1, -0.05) is 100 Å². The lowest BCUT2D eigenvalue weighted by atomic mass is 9.84. The fourth-order valence-electron chi connectivity index (χ4n) is 5.39. The van der Waals surface area contributed by atoms with Crippen molar-refractivity contribution in [2.45, 2.75) is 79.6 Å². The van der Waals surface area contributed by atoms with Gasteiger partial charge in [0.15, 0.2) is 0 Å². The Morgan fingerprint density at radius 2 is 1.62 bits per heavy atom. The van der Waals surface area contributed by atoms with Gasteiger partial charge in [0.05, 0.1) is 0 Å². The predicted octanol–water partition coefficient (Wildman–Crippen LogP) is 10.4. The molecule has 1 aliphatic carbocycles. The maximum Gasteiger partial charge on any atom is -0.00108 e. The third-order valence-corrected chi connectivity index (χ3v) is 7.21. The largest absolute Gasteiger partial charge is 0.0990 e. The zero-order chi connectivity index (χ0) is 24.8. The van der Waals surface area contributed by atoms with E-state index < -0.39 is 0 Å². The molecule has 0 aromatic heterocycles. The molecule has 0 saturated carbocycles. The summed E-state index contributed by atoms with van der Waals surface area (Å²) in [6.07, 6.45) is 12.4. The minimum atomic E-state index is 0.641. The van der Waals surface area contributed by atoms with Crippen LogP contribution >= 0.6 is 0 Å². The molecule has 2 aromatic rings. The third-order valence-electron chi connectivity index (χ3n) is 7.21. The zero-order valence-corrected chi connectivity index (χ0v) is 22.2. The van der Waals surface area contributed by atoms with Crippen LogP contribution in [0.15, 0.2) is 78.9 Å². The molecule has 34 heavy (non-hydrogen) atoms. The van der Waals surface area contributed by atoms with Gasteiger partial charge in [0, 0.05) is 0 Å². The molecule has 0 N–H and O–H groups in total. The second-order valence-corrected chi connectivity index (χ2v) is 9.98. The summed E-state index contributed by atoms with van der Waals surface area (Å²) >= 11 is 0. The van der Waals surface area contributed by atoms with Crippen molar-refractivity contribution in [2.24, 2.45) is 0 Å². The van der Waals surface area contributed by atoms with Gasteiger partial charge in [-0.3, -0.25) is 0 Å². The van der Waals surface area contributed by atoms with Crippen LogP contribution in [0.1, 0.15) is 99.1 Å². The highest BCUT2D eigenvalue weighted by atomic mass is 14.3. The van der Waals surface area contributed by atoms with Crippen molar-refractivity contribution in [3.63, 3.8) is 0 Å². The molecule has 0 amide bonds. The van der Waals surface area contributed by atoms with E-state index in [9.17, 15) is 0 Å². The van der Waals surface area contributed by atoms with Gasteiger partial charge in [-0.05, 0) is 109 Å². The maximum absolute atomic E-state index is 4.10. The van der Waals surface area contributed by atoms with Crippen LogP contribution in [0.25, 0.3) is 16.7 Å². The standard InChI is InChI=1S/C34H42/c1-9-12-27(13-10-2)33-21-29(16-15-24(33)6)32(14-11-3)34-22-30(20-26(34)8)31-18-17-28(23(4)5)19-25(31)7/h11,14-21,27H,3-4,9-10,12-13,22H2,1-2,5-8H3/b32-14-. The molecule has 3 rings (SSSR count). The van der Waals surface area contributed by atoms with Crippen LogP contribution in [0.2, 0.25) is 0 Å². The lowest BCUT2D eigenvalue weighted by Crippen LogP contribution is -2.03. The Morgan fingerprint density at radius 3 is 2.21 bits per heavy atom. The fourth-order valence-corrected chi connectivity index (χ4v) is 5.39. The minimum absolute atomic E-state index is 0.641. The van der Waals surface area contributed by atoms with Crippen molar-refractivity contribution < 1.29 is 0 Å². The van der Waals surface area contributed by atoms with E-state index >= 15 is 0 Å². The monoisotopic (exact) mass is 450 g/mol. The third kappa shape index (κ3) is 5.61. The lowest BCUT2D eigenvalue weighted by Gasteiger charge is -2.21. The number of benzene rings is 2. The second-order valence-electron chi connectivity index (χ2n) is 9.98. The van der Waals surface area contributed by atoms with Crippen LogP contribution in [0.3, 0.4) is 0 Å². The number of hydrogen-bond donors (Lipinski definition) is 0. The van der Waals surface area contributed by atoms with Gasteiger partial charge in [-0.25, -0.2) is 0 Å². The summed E-state index contributed by atoms with van der Waals surface area (Å²) in [6, 6.07) is 13.8. The molecule has 0 atom stereocenters. The van der Waals surface area contributed by atoms with Gasteiger partial charge < -0.3 is 0 Å². The van der Waals surface area contributed by atoms with Crippen molar-refractivity contribution in [3.05, 3.63) is 112 Å². The lowest BCUT2D eigenvalue weighted by molar-refractivity contribution is 0.558. The summed E-state index contributed by atoms with van der Waals surface area (Å²) in [5.74, 6) is 0.641. The first-order valence-electron chi connectivity index (χ1n) is 12.9. The minimum Gasteiger partial charge on any atom is -0.0990 e. The second kappa shape index (κ2) is 11.5. The number of hydrogen-bond acceptors (Lipinski definition) is 0. The van der Waals surface area contributed by atoms with E-state index in [0.29, 0.717) is 5.92 Å². The zero-order valence-electron chi connectivity index (χ0n) is 22.2. The summed E-state index contributed by atoms with van der Waals surface area (Å²) < 4.78 is 0. The number of allylic oxidation sites excluding steroid dienone is 8. The molecule has 0 saturated heterocycles. The normalized spacial score (nSPS) is 14.1. The molecule has 0 spiro atoms. The van der Waals surface area contributed by atoms with Crippen molar-refractivity contribution in [1.82, 2.24) is 0 Å². The van der Waals surface area contributed by atoms with Crippen molar-refractivity contribution in [3.8, 4) is 0 Å². The van der Waals surface area contributed by atoms with E-state index in [4.69, 9.17) is 0 Å². The van der Waals surface area contributed by atoms with E-state index in [-0.39, 0.29) is 0 Å². The molecule has 0 bridgehead atoms. The highest BCUT2D eigenvalue weighted by Gasteiger charge is 2.21. The molecular formula is C34H42. The Bertz CT molecular complexity index is 1160. The predicted molar refractivity (Wildman–Crippen MR) is 153 cm³/mol. The topological polar surface area (TPSA) is 0 Å². The summed E-state index contributed by atoms with van der Waals surface area (Å²) in [6.45, 7) is 21.6. The van der Waals surface area contributed by atoms with Crippen LogP contribution in [-0.4, -0.2) is 0 Å². The fraction of sp³-hybridized carbons (Fsp3) is 0.353. The molecule has 0 unspecified atom stereocenters. The number of aryl methyl sites for hydroxylation is 2. The van der Waals surface area contributed by atoms with Crippen LogP contribution in [0.4, 0.5) is 0 Å². The Morgan fingerprint density at radius 1 is 0.941 bits per heavy atom. The summed E-state index contributed by atoms with van der Waals surface area (Å²) in [5, 5.41) is 0. The highest BCUT2D eigenvalue weighted by Crippen LogP contribution is 2.42. The molecule has 2 aromatic carbocycles. The molecule has 1 aliphatic rings. The van der Waals surface area contributed by atoms with Crippen LogP contribution in [-0.2, 0) is 0 Å². The summed E-state index contributed by atoms with van der Waals surface area (Å²) in [7, 11) is 0. The van der Waals surface area contributed by atoms with Gasteiger partial charge in [0.2, 0.25) is 0 Å². The summed E-state index contributed by atoms with van der Waals surface area (Å²) in [4.78, 5) is 0. The number of rotatable bonds is 10. The Balaban J connectivity index is 1.97. The molecule has 178 valence electrons. The molecule has 0 heterocycles. The van der Waals surface area contributed by atoms with E-state index in [1.54, 1.807) is 0 Å². The first-order valence-corrected chi connectivity index (χ1v) is 12.9. The average molecular weight is 451 g/mol. The van der Waals surface area contributed by atoms with Gasteiger partial charge in [0.1, 0.15) is 0 Å². The molecular weight excluding hydrogens is 408 g/mol. The highest BCUT2D eigenvalue weighted by molar-refractivity contribution is 5.90. The maximum atomic E-state index is 4.10. The van der Waals surface area contributed by atoms with Crippen molar-refractivity contribution >= 4 is 16.7 Å². The molecule has 0 nitrogen and oxygen atoms in total. The molecule has 0 aliphatic heterocycles. The van der Waals surface area contributed by atoms with Crippen LogP contribution < -0.4 is 0 Å². The van der Waals surface area contributed by atoms with Crippen LogP contribution in [0, 0.1) is 13.8 Å². The van der Waals surface area contributed by atoms with Crippen LogP contribution in [0.5, 0.6) is 0 Å². The summed E-state index contributed by atoms with van der Waals surface area (Å²) in [5.41, 5.74) is 14.7. The van der Waals surface area contributed by atoms with Crippen molar-refractivity contribution in [2.75, 3.05) is 0 Å². The quantitative estimate of drug-likeness (QED) is 0.316. The van der Waals surface area contributed by atoms with E-state index in [1.165, 1.54) is 81.4 Å². The van der Waals surface area contributed by atoms with Gasteiger partial charge in [-0.15, -0.1) is 0 Å². The SMILES string of the molecule is C=C/C=C(\C1=C(C)C=C(c2ccc(C(=C)C)cc2C)C1)c1ccc(C)c(C(CCC)CCC)c1. The van der Waals surface area contributed by atoms with Gasteiger partial charge in [-0.2, -0.15) is 0 Å². The molecule has 0 heteroatoms. The Hall–Kier alpha value is -2.86. The first kappa shape index (κ1) is 25.8. The first-order chi connectivity index (χ1) is 16.3. The van der Waals surface area contributed by atoms with Crippen molar-refractivity contribution in [1.29, 1.82) is 0 Å². The molecule has 0 fully saturated rings.